The first kappa shape index (κ1) is 16.7. The molecule has 0 bridgehead atoms. The van der Waals surface area contributed by atoms with E-state index in [9.17, 15) is 0 Å². The number of nitrogen functional groups attached to an aromatic ring is 1. The maximum atomic E-state index is 5.80. The molecule has 120 valence electrons. The second-order valence-corrected chi connectivity index (χ2v) is 5.98. The van der Waals surface area contributed by atoms with Crippen molar-refractivity contribution in [3.63, 3.8) is 0 Å². The van der Waals surface area contributed by atoms with E-state index in [4.69, 9.17) is 10.5 Å². The Morgan fingerprint density at radius 3 is 2.55 bits per heavy atom. The van der Waals surface area contributed by atoms with Crippen LogP contribution in [0.1, 0.15) is 51.6 Å². The van der Waals surface area contributed by atoms with Crippen LogP contribution < -0.4 is 5.73 Å². The summed E-state index contributed by atoms with van der Waals surface area (Å²) in [5.41, 5.74) is 7.81. The lowest BCUT2D eigenvalue weighted by Crippen LogP contribution is -2.03. The molecule has 1 aromatic heterocycles. The van der Waals surface area contributed by atoms with Crippen LogP contribution >= 0.6 is 0 Å². The molecule has 0 aliphatic carbocycles. The number of aromatic nitrogens is 2. The molecule has 0 amide bonds. The lowest BCUT2D eigenvalue weighted by molar-refractivity contribution is 0.0757. The van der Waals surface area contributed by atoms with Gasteiger partial charge < -0.3 is 10.5 Å². The average molecular weight is 301 g/mol. The van der Waals surface area contributed by atoms with Crippen molar-refractivity contribution in [2.75, 3.05) is 12.3 Å². The van der Waals surface area contributed by atoms with Gasteiger partial charge in [0, 0.05) is 12.0 Å². The number of hydrogen-bond acceptors (Lipinski definition) is 4. The zero-order chi connectivity index (χ0) is 15.8. The Balaban J connectivity index is 1.73. The number of hydrogen-bond donors (Lipinski definition) is 1. The minimum absolute atomic E-state index is 0.344. The molecule has 2 aromatic rings. The fourth-order valence-corrected chi connectivity index (χ4v) is 2.60. The third-order valence-corrected chi connectivity index (χ3v) is 3.71. The van der Waals surface area contributed by atoms with Crippen LogP contribution in [-0.4, -0.2) is 22.7 Å². The van der Waals surface area contributed by atoms with Crippen molar-refractivity contribution in [3.8, 4) is 0 Å². The zero-order valence-corrected chi connectivity index (χ0v) is 13.7. The molecule has 1 heterocycles. The van der Waals surface area contributed by atoms with Gasteiger partial charge in [0.05, 0.1) is 17.3 Å². The van der Waals surface area contributed by atoms with Crippen molar-refractivity contribution in [2.24, 2.45) is 0 Å². The lowest BCUT2D eigenvalue weighted by Gasteiger charge is -2.08. The molecule has 0 unspecified atom stereocenters. The van der Waals surface area contributed by atoms with Crippen molar-refractivity contribution in [3.05, 3.63) is 30.0 Å². The first-order valence-corrected chi connectivity index (χ1v) is 8.29. The summed E-state index contributed by atoms with van der Waals surface area (Å²) in [5.74, 6) is 0.375. The summed E-state index contributed by atoms with van der Waals surface area (Å²) in [6, 6.07) is 8.08. The summed E-state index contributed by atoms with van der Waals surface area (Å²) in [5, 5.41) is 1.13. The van der Waals surface area contributed by atoms with Gasteiger partial charge in [-0.2, -0.15) is 0 Å². The van der Waals surface area contributed by atoms with Crippen molar-refractivity contribution in [2.45, 2.75) is 58.5 Å². The average Bonchev–Trinajstić information content (AvgIpc) is 2.49. The number of nitrogens with two attached hydrogens (primary N) is 1. The molecular formula is C18H27N3O. The van der Waals surface area contributed by atoms with Gasteiger partial charge in [0.15, 0.2) is 0 Å². The Hall–Kier alpha value is -1.68. The van der Waals surface area contributed by atoms with E-state index < -0.39 is 0 Å². The van der Waals surface area contributed by atoms with Gasteiger partial charge in [-0.15, -0.1) is 0 Å². The Labute approximate surface area is 133 Å². The normalized spacial score (nSPS) is 11.4. The van der Waals surface area contributed by atoms with Crippen molar-refractivity contribution < 1.29 is 4.74 Å². The van der Waals surface area contributed by atoms with Gasteiger partial charge in [0.2, 0.25) is 5.95 Å². The second-order valence-electron chi connectivity index (χ2n) is 5.98. The number of fused-ring (bicyclic) bond motifs is 1. The van der Waals surface area contributed by atoms with E-state index in [0.29, 0.717) is 12.1 Å². The highest BCUT2D eigenvalue weighted by molar-refractivity contribution is 5.81. The fraction of sp³-hybridized carbons (Fsp3) is 0.556. The predicted molar refractivity (Wildman–Crippen MR) is 91.8 cm³/mol. The van der Waals surface area contributed by atoms with Crippen molar-refractivity contribution >= 4 is 16.9 Å². The minimum atomic E-state index is 0.344. The van der Waals surface area contributed by atoms with E-state index in [1.165, 1.54) is 19.3 Å². The number of anilines is 1. The Kier molecular flexibility index (Phi) is 6.59. The molecule has 0 atom stereocenters. The topological polar surface area (TPSA) is 61.0 Å². The molecule has 0 aliphatic heterocycles. The van der Waals surface area contributed by atoms with Crippen LogP contribution in [0, 0.1) is 0 Å². The number of nitrogens with zero attached hydrogens (tertiary/aromatic N) is 2. The van der Waals surface area contributed by atoms with Crippen molar-refractivity contribution in [1.82, 2.24) is 9.97 Å². The van der Waals surface area contributed by atoms with Gasteiger partial charge in [-0.3, -0.25) is 0 Å². The molecule has 2 N–H and O–H groups in total. The van der Waals surface area contributed by atoms with Crippen molar-refractivity contribution in [1.29, 1.82) is 0 Å². The largest absolute Gasteiger partial charge is 0.379 e. The number of para-hydroxylation sites is 1. The highest BCUT2D eigenvalue weighted by Crippen LogP contribution is 2.18. The van der Waals surface area contributed by atoms with Gasteiger partial charge in [0.25, 0.3) is 0 Å². The standard InChI is InChI=1S/C18H27N3O/c1-14(2)22-13-9-5-3-4-6-11-16-15-10-7-8-12-17(15)21-18(19)20-16/h7-8,10,12,14H,3-6,9,11,13H2,1-2H3,(H2,19,20,21). The predicted octanol–water partition coefficient (Wildman–Crippen LogP) is 4.13. The number of aryl methyl sites for hydroxylation is 1. The molecule has 0 saturated carbocycles. The summed E-state index contributed by atoms with van der Waals surface area (Å²) in [4.78, 5) is 8.70. The van der Waals surface area contributed by atoms with Gasteiger partial charge in [0.1, 0.15) is 0 Å². The third-order valence-electron chi connectivity index (χ3n) is 3.71. The van der Waals surface area contributed by atoms with Gasteiger partial charge in [-0.25, -0.2) is 9.97 Å². The lowest BCUT2D eigenvalue weighted by atomic mass is 10.1. The maximum absolute atomic E-state index is 5.80. The van der Waals surface area contributed by atoms with Crippen LogP contribution in [-0.2, 0) is 11.2 Å². The molecule has 22 heavy (non-hydrogen) atoms. The fourth-order valence-electron chi connectivity index (χ4n) is 2.60. The number of ether oxygens (including phenoxy) is 1. The molecule has 1 aromatic carbocycles. The van der Waals surface area contributed by atoms with Gasteiger partial charge >= 0.3 is 0 Å². The molecule has 0 saturated heterocycles. The highest BCUT2D eigenvalue weighted by Gasteiger charge is 2.05. The molecule has 0 fully saturated rings. The molecule has 0 aliphatic rings. The molecule has 0 radical (unpaired) electrons. The minimum Gasteiger partial charge on any atom is -0.379 e. The smallest absolute Gasteiger partial charge is 0.220 e. The number of unbranched alkanes of at least 4 members (excludes halogenated alkanes) is 4. The zero-order valence-electron chi connectivity index (χ0n) is 13.7. The number of rotatable bonds is 9. The summed E-state index contributed by atoms with van der Waals surface area (Å²) < 4.78 is 5.55. The molecule has 2 rings (SSSR count). The van der Waals surface area contributed by atoms with E-state index in [-0.39, 0.29) is 0 Å². The Morgan fingerprint density at radius 2 is 1.73 bits per heavy atom. The maximum Gasteiger partial charge on any atom is 0.220 e. The highest BCUT2D eigenvalue weighted by atomic mass is 16.5. The molecule has 0 spiro atoms. The summed E-state index contributed by atoms with van der Waals surface area (Å²) in [6.07, 6.45) is 7.32. The van der Waals surface area contributed by atoms with Crippen LogP contribution in [0.25, 0.3) is 10.9 Å². The quantitative estimate of drug-likeness (QED) is 0.707. The first-order valence-electron chi connectivity index (χ1n) is 8.29. The number of benzene rings is 1. The van der Waals surface area contributed by atoms with E-state index in [2.05, 4.69) is 29.9 Å². The molecule has 4 nitrogen and oxygen atoms in total. The van der Waals surface area contributed by atoms with E-state index in [1.54, 1.807) is 0 Å². The van der Waals surface area contributed by atoms with Crippen LogP contribution in [0.2, 0.25) is 0 Å². The Bertz CT molecular complexity index is 584. The van der Waals surface area contributed by atoms with E-state index in [1.807, 2.05) is 18.2 Å². The monoisotopic (exact) mass is 301 g/mol. The van der Waals surface area contributed by atoms with Crippen LogP contribution in [0.3, 0.4) is 0 Å². The summed E-state index contributed by atoms with van der Waals surface area (Å²) >= 11 is 0. The third kappa shape index (κ3) is 5.26. The molecular weight excluding hydrogens is 274 g/mol. The van der Waals surface area contributed by atoms with Crippen LogP contribution in [0.15, 0.2) is 24.3 Å². The van der Waals surface area contributed by atoms with E-state index in [0.717, 1.165) is 42.5 Å². The van der Waals surface area contributed by atoms with Crippen LogP contribution in [0.5, 0.6) is 0 Å². The van der Waals surface area contributed by atoms with Gasteiger partial charge in [-0.1, -0.05) is 37.5 Å². The first-order chi connectivity index (χ1) is 10.7. The SMILES string of the molecule is CC(C)OCCCCCCCc1nc(N)nc2ccccc12. The summed E-state index contributed by atoms with van der Waals surface area (Å²) in [6.45, 7) is 5.04. The van der Waals surface area contributed by atoms with E-state index >= 15 is 0 Å². The van der Waals surface area contributed by atoms with Gasteiger partial charge in [-0.05, 0) is 39.2 Å². The second kappa shape index (κ2) is 8.69. The summed E-state index contributed by atoms with van der Waals surface area (Å²) in [7, 11) is 0. The molecule has 4 heteroatoms. The van der Waals surface area contributed by atoms with Crippen LogP contribution in [0.4, 0.5) is 5.95 Å². The Morgan fingerprint density at radius 1 is 1.00 bits per heavy atom.